The predicted molar refractivity (Wildman–Crippen MR) is 131 cm³/mol. The summed E-state index contributed by atoms with van der Waals surface area (Å²) in [5.41, 5.74) is 7.72. The monoisotopic (exact) mass is 460 g/mol. The van der Waals surface area contributed by atoms with Crippen LogP contribution in [-0.4, -0.2) is 52.8 Å². The molecule has 1 aliphatic heterocycles. The molecule has 1 aliphatic rings. The lowest BCUT2D eigenvalue weighted by atomic mass is 10.0. The van der Waals surface area contributed by atoms with E-state index >= 15 is 0 Å². The second kappa shape index (κ2) is 7.69. The van der Waals surface area contributed by atoms with Gasteiger partial charge in [0.1, 0.15) is 0 Å². The maximum atomic E-state index is 11.3. The Labute approximate surface area is 199 Å². The molecule has 9 heteroatoms. The fourth-order valence-electron chi connectivity index (χ4n) is 4.88. The maximum absolute atomic E-state index is 11.3. The molecule has 4 aromatic heterocycles. The molecule has 2 aromatic carbocycles. The molecule has 0 saturated heterocycles. The number of hydrogen-bond donors (Lipinski definition) is 1. The fourth-order valence-corrected chi connectivity index (χ4v) is 4.88. The number of benzene rings is 2. The van der Waals surface area contributed by atoms with Crippen molar-refractivity contribution < 1.29 is 4.79 Å². The van der Waals surface area contributed by atoms with Crippen molar-refractivity contribution in [3.05, 3.63) is 77.7 Å². The van der Waals surface area contributed by atoms with Crippen LogP contribution in [0.15, 0.2) is 60.9 Å². The maximum Gasteiger partial charge on any atom is 0.210 e. The van der Waals surface area contributed by atoms with E-state index in [0.717, 1.165) is 52.3 Å². The number of nitrogens with one attached hydrogen (secondary N) is 1. The molecule has 0 aliphatic carbocycles. The Morgan fingerprint density at radius 2 is 2.03 bits per heavy atom. The molecule has 0 spiro atoms. The lowest BCUT2D eigenvalue weighted by molar-refractivity contribution is -0.118. The number of hydrogen-bond acceptors (Lipinski definition) is 6. The van der Waals surface area contributed by atoms with E-state index < -0.39 is 0 Å². The lowest BCUT2D eigenvalue weighted by Gasteiger charge is -2.22. The van der Waals surface area contributed by atoms with Crippen LogP contribution in [0.1, 0.15) is 16.8 Å². The molecule has 9 nitrogen and oxygen atoms in total. The summed E-state index contributed by atoms with van der Waals surface area (Å²) < 4.78 is 1.80. The number of fused-ring (bicyclic) bond motifs is 5. The number of amides is 1. The van der Waals surface area contributed by atoms with Gasteiger partial charge in [-0.3, -0.25) is 9.78 Å². The van der Waals surface area contributed by atoms with E-state index in [4.69, 9.17) is 4.98 Å². The first kappa shape index (κ1) is 19.8. The van der Waals surface area contributed by atoms with E-state index in [-0.39, 0.29) is 0 Å². The lowest BCUT2D eigenvalue weighted by Crippen LogP contribution is -2.28. The molecule has 170 valence electrons. The van der Waals surface area contributed by atoms with Crippen molar-refractivity contribution in [2.75, 3.05) is 6.54 Å². The van der Waals surface area contributed by atoms with Crippen molar-refractivity contribution >= 4 is 39.4 Å². The summed E-state index contributed by atoms with van der Waals surface area (Å²) in [5, 5.41) is 10.8. The molecule has 1 N–H and O–H groups in total. The number of carbonyl (C=O) groups excluding carboxylic acids is 1. The third kappa shape index (κ3) is 3.31. The first-order valence-corrected chi connectivity index (χ1v) is 11.5. The third-order valence-electron chi connectivity index (χ3n) is 6.67. The Balaban J connectivity index is 1.27. The Kier molecular flexibility index (Phi) is 4.35. The molecule has 0 atom stereocenters. The van der Waals surface area contributed by atoms with Gasteiger partial charge < -0.3 is 9.88 Å². The van der Waals surface area contributed by atoms with Crippen LogP contribution < -0.4 is 0 Å². The molecule has 0 fully saturated rings. The molecule has 0 bridgehead atoms. The Morgan fingerprint density at radius 3 is 2.97 bits per heavy atom. The van der Waals surface area contributed by atoms with Gasteiger partial charge >= 0.3 is 0 Å². The Bertz CT molecular complexity index is 1750. The van der Waals surface area contributed by atoms with Crippen LogP contribution in [0, 0.1) is 0 Å². The molecule has 0 saturated carbocycles. The molecule has 0 unspecified atom stereocenters. The van der Waals surface area contributed by atoms with Crippen molar-refractivity contribution in [3.8, 4) is 11.4 Å². The quantitative estimate of drug-likeness (QED) is 0.404. The standard InChI is InChI=1S/C26H20N8O/c35-15-33-9-7-23-20(14-33)19-11-18(4-6-22(19)29-23)25-28-12-24-26(30-25)34(32-31-24)13-16-3-5-21-17(10-16)2-1-8-27-21/h1-6,8,10-12,15,29H,7,9,13-14H2. The minimum Gasteiger partial charge on any atom is -0.358 e. The number of aromatic nitrogens is 7. The van der Waals surface area contributed by atoms with E-state index in [2.05, 4.69) is 55.6 Å². The highest BCUT2D eigenvalue weighted by atomic mass is 16.1. The van der Waals surface area contributed by atoms with Crippen LogP contribution in [0.2, 0.25) is 0 Å². The van der Waals surface area contributed by atoms with Crippen LogP contribution in [0.25, 0.3) is 44.4 Å². The van der Waals surface area contributed by atoms with Crippen LogP contribution in [-0.2, 0) is 24.3 Å². The third-order valence-corrected chi connectivity index (χ3v) is 6.67. The molecular weight excluding hydrogens is 440 g/mol. The summed E-state index contributed by atoms with van der Waals surface area (Å²) in [6.07, 6.45) is 5.26. The van der Waals surface area contributed by atoms with Gasteiger partial charge in [-0.1, -0.05) is 17.3 Å². The van der Waals surface area contributed by atoms with E-state index in [0.29, 0.717) is 30.1 Å². The van der Waals surface area contributed by atoms with Crippen molar-refractivity contribution in [2.45, 2.75) is 19.5 Å². The molecule has 5 heterocycles. The van der Waals surface area contributed by atoms with Gasteiger partial charge in [0.15, 0.2) is 17.0 Å². The first-order valence-electron chi connectivity index (χ1n) is 11.5. The number of carbonyl (C=O) groups is 1. The molecule has 1 amide bonds. The van der Waals surface area contributed by atoms with Gasteiger partial charge in [-0.15, -0.1) is 5.10 Å². The highest BCUT2D eigenvalue weighted by Gasteiger charge is 2.20. The zero-order valence-electron chi connectivity index (χ0n) is 18.7. The van der Waals surface area contributed by atoms with E-state index in [9.17, 15) is 4.79 Å². The Morgan fingerprint density at radius 1 is 1.06 bits per heavy atom. The molecule has 6 aromatic rings. The van der Waals surface area contributed by atoms with Gasteiger partial charge in [-0.05, 0) is 42.0 Å². The zero-order valence-corrected chi connectivity index (χ0v) is 18.7. The summed E-state index contributed by atoms with van der Waals surface area (Å²) in [5.74, 6) is 0.615. The van der Waals surface area contributed by atoms with Crippen LogP contribution in [0.5, 0.6) is 0 Å². The number of pyridine rings is 1. The van der Waals surface area contributed by atoms with Crippen molar-refractivity contribution in [3.63, 3.8) is 0 Å². The van der Waals surface area contributed by atoms with Gasteiger partial charge in [0.05, 0.1) is 18.3 Å². The predicted octanol–water partition coefficient (Wildman–Crippen LogP) is 3.48. The van der Waals surface area contributed by atoms with E-state index in [1.165, 1.54) is 11.3 Å². The largest absolute Gasteiger partial charge is 0.358 e. The van der Waals surface area contributed by atoms with Crippen LogP contribution in [0.3, 0.4) is 0 Å². The topological polar surface area (TPSA) is 105 Å². The van der Waals surface area contributed by atoms with Crippen LogP contribution >= 0.6 is 0 Å². The second-order valence-electron chi connectivity index (χ2n) is 8.85. The summed E-state index contributed by atoms with van der Waals surface area (Å²) in [7, 11) is 0. The van der Waals surface area contributed by atoms with E-state index in [1.54, 1.807) is 22.0 Å². The Hall–Kier alpha value is -4.66. The minimum atomic E-state index is 0.545. The van der Waals surface area contributed by atoms with Crippen molar-refractivity contribution in [2.24, 2.45) is 0 Å². The summed E-state index contributed by atoms with van der Waals surface area (Å²) in [4.78, 5) is 30.4. The molecule has 7 rings (SSSR count). The van der Waals surface area contributed by atoms with Gasteiger partial charge in [0, 0.05) is 58.8 Å². The SMILES string of the molecule is O=CN1CCc2[nH]c3ccc(-c4ncc5nnn(Cc6ccc7ncccc7c6)c5n4)cc3c2C1. The highest BCUT2D eigenvalue weighted by molar-refractivity contribution is 5.89. The number of H-pyrrole nitrogens is 1. The van der Waals surface area contributed by atoms with Gasteiger partial charge in [0.25, 0.3) is 0 Å². The zero-order chi connectivity index (χ0) is 23.4. The first-order chi connectivity index (χ1) is 17.2. The number of aromatic amines is 1. The summed E-state index contributed by atoms with van der Waals surface area (Å²) in [6.45, 7) is 1.89. The van der Waals surface area contributed by atoms with E-state index in [1.807, 2.05) is 18.2 Å². The molecule has 0 radical (unpaired) electrons. The van der Waals surface area contributed by atoms with Gasteiger partial charge in [-0.2, -0.15) is 0 Å². The van der Waals surface area contributed by atoms with Crippen LogP contribution in [0.4, 0.5) is 0 Å². The highest BCUT2D eigenvalue weighted by Crippen LogP contribution is 2.30. The average molecular weight is 461 g/mol. The van der Waals surface area contributed by atoms with Crippen molar-refractivity contribution in [1.29, 1.82) is 0 Å². The molecule has 35 heavy (non-hydrogen) atoms. The summed E-state index contributed by atoms with van der Waals surface area (Å²) in [6, 6.07) is 16.3. The second-order valence-corrected chi connectivity index (χ2v) is 8.85. The van der Waals surface area contributed by atoms with Gasteiger partial charge in [-0.25, -0.2) is 14.6 Å². The van der Waals surface area contributed by atoms with Gasteiger partial charge in [0.2, 0.25) is 6.41 Å². The number of nitrogens with zero attached hydrogens (tertiary/aromatic N) is 7. The fraction of sp³-hybridized carbons (Fsp3) is 0.154. The summed E-state index contributed by atoms with van der Waals surface area (Å²) >= 11 is 0. The smallest absolute Gasteiger partial charge is 0.210 e. The average Bonchev–Trinajstić information content (AvgIpc) is 3.48. The number of rotatable bonds is 4. The van der Waals surface area contributed by atoms with Crippen molar-refractivity contribution in [1.82, 2.24) is 39.8 Å². The normalized spacial score (nSPS) is 13.5. The molecular formula is C26H20N8O. The minimum absolute atomic E-state index is 0.545.